The second kappa shape index (κ2) is 7.47. The summed E-state index contributed by atoms with van der Waals surface area (Å²) in [6.45, 7) is 10.9. The molecule has 0 atom stereocenters. The summed E-state index contributed by atoms with van der Waals surface area (Å²) in [7, 11) is 0. The van der Waals surface area contributed by atoms with Crippen molar-refractivity contribution >= 4 is 11.6 Å². The van der Waals surface area contributed by atoms with Crippen LogP contribution in [0.5, 0.6) is 0 Å². The fourth-order valence-corrected chi connectivity index (χ4v) is 2.44. The third kappa shape index (κ3) is 5.08. The van der Waals surface area contributed by atoms with E-state index >= 15 is 0 Å². The highest BCUT2D eigenvalue weighted by Crippen LogP contribution is 2.16. The van der Waals surface area contributed by atoms with Gasteiger partial charge in [-0.05, 0) is 52.3 Å². The van der Waals surface area contributed by atoms with Crippen molar-refractivity contribution in [1.29, 1.82) is 0 Å². The lowest BCUT2D eigenvalue weighted by Crippen LogP contribution is -2.36. The number of hydrogen-bond donors (Lipinski definition) is 1. The van der Waals surface area contributed by atoms with Gasteiger partial charge in [0.05, 0.1) is 11.9 Å². The number of rotatable bonds is 5. The van der Waals surface area contributed by atoms with E-state index in [4.69, 9.17) is 0 Å². The average Bonchev–Trinajstić information content (AvgIpc) is 2.52. The first-order valence-corrected chi connectivity index (χ1v) is 8.35. The maximum atomic E-state index is 12.8. The molecular weight excluding hydrogens is 298 g/mol. The molecule has 0 bridgehead atoms. The Balaban J connectivity index is 2.15. The summed E-state index contributed by atoms with van der Waals surface area (Å²) in [5, 5.41) is 3.35. The standard InChI is InChI=1S/C20H27N3O/c1-15(2)23(14-16-9-7-6-8-10-16)19(24)18-12-11-17(13-21-18)22-20(3,4)5/h6-13,15,22H,14H2,1-5H3. The molecule has 128 valence electrons. The van der Waals surface area contributed by atoms with Crippen LogP contribution in [-0.4, -0.2) is 27.4 Å². The van der Waals surface area contributed by atoms with Gasteiger partial charge in [-0.1, -0.05) is 30.3 Å². The van der Waals surface area contributed by atoms with Crippen molar-refractivity contribution in [2.45, 2.75) is 52.7 Å². The molecule has 4 heteroatoms. The zero-order chi connectivity index (χ0) is 17.7. The maximum absolute atomic E-state index is 12.8. The molecule has 0 radical (unpaired) electrons. The topological polar surface area (TPSA) is 45.2 Å². The summed E-state index contributed by atoms with van der Waals surface area (Å²) in [5.74, 6) is -0.0452. The van der Waals surface area contributed by atoms with Crippen LogP contribution in [0.3, 0.4) is 0 Å². The van der Waals surface area contributed by atoms with Gasteiger partial charge in [-0.2, -0.15) is 0 Å². The quantitative estimate of drug-likeness (QED) is 0.889. The zero-order valence-corrected chi connectivity index (χ0v) is 15.2. The Morgan fingerprint density at radius 3 is 2.29 bits per heavy atom. The number of carbonyl (C=O) groups is 1. The molecule has 4 nitrogen and oxygen atoms in total. The fraction of sp³-hybridized carbons (Fsp3) is 0.400. The Kier molecular flexibility index (Phi) is 5.60. The van der Waals surface area contributed by atoms with Gasteiger partial charge in [-0.25, -0.2) is 4.98 Å². The lowest BCUT2D eigenvalue weighted by Gasteiger charge is -2.27. The first kappa shape index (κ1) is 18.0. The van der Waals surface area contributed by atoms with Crippen LogP contribution in [-0.2, 0) is 6.54 Å². The maximum Gasteiger partial charge on any atom is 0.272 e. The zero-order valence-electron chi connectivity index (χ0n) is 15.2. The predicted molar refractivity (Wildman–Crippen MR) is 99.1 cm³/mol. The number of nitrogens with zero attached hydrogens (tertiary/aromatic N) is 2. The van der Waals surface area contributed by atoms with Crippen molar-refractivity contribution in [1.82, 2.24) is 9.88 Å². The molecule has 0 unspecified atom stereocenters. The van der Waals surface area contributed by atoms with Gasteiger partial charge in [0.2, 0.25) is 0 Å². The first-order valence-electron chi connectivity index (χ1n) is 8.35. The third-order valence-electron chi connectivity index (χ3n) is 3.58. The normalized spacial score (nSPS) is 11.4. The van der Waals surface area contributed by atoms with Crippen LogP contribution in [0.1, 0.15) is 50.7 Å². The minimum Gasteiger partial charge on any atom is -0.379 e. The van der Waals surface area contributed by atoms with Crippen molar-refractivity contribution in [2.24, 2.45) is 0 Å². The van der Waals surface area contributed by atoms with Crippen molar-refractivity contribution in [3.8, 4) is 0 Å². The van der Waals surface area contributed by atoms with E-state index in [1.807, 2.05) is 55.1 Å². The van der Waals surface area contributed by atoms with Gasteiger partial charge in [0.15, 0.2) is 0 Å². The van der Waals surface area contributed by atoms with Crippen LogP contribution in [0.15, 0.2) is 48.7 Å². The van der Waals surface area contributed by atoms with E-state index in [0.717, 1.165) is 11.3 Å². The van der Waals surface area contributed by atoms with Crippen LogP contribution in [0.2, 0.25) is 0 Å². The minimum atomic E-state index is -0.0452. The molecule has 2 aromatic rings. The average molecular weight is 325 g/mol. The highest BCUT2D eigenvalue weighted by molar-refractivity contribution is 5.92. The summed E-state index contributed by atoms with van der Waals surface area (Å²) < 4.78 is 0. The minimum absolute atomic E-state index is 0.0372. The van der Waals surface area contributed by atoms with Crippen molar-refractivity contribution < 1.29 is 4.79 Å². The number of amides is 1. The largest absolute Gasteiger partial charge is 0.379 e. The Morgan fingerprint density at radius 1 is 1.12 bits per heavy atom. The highest BCUT2D eigenvalue weighted by atomic mass is 16.2. The summed E-state index contributed by atoms with van der Waals surface area (Å²) in [4.78, 5) is 19.0. The number of hydrogen-bond acceptors (Lipinski definition) is 3. The lowest BCUT2D eigenvalue weighted by atomic mass is 10.1. The molecule has 1 amide bonds. The van der Waals surface area contributed by atoms with Crippen molar-refractivity contribution in [3.05, 3.63) is 59.9 Å². The molecule has 1 aromatic carbocycles. The summed E-state index contributed by atoms with van der Waals surface area (Å²) in [5.41, 5.74) is 2.47. The number of anilines is 1. The van der Waals surface area contributed by atoms with Gasteiger partial charge < -0.3 is 10.2 Å². The molecule has 1 heterocycles. The van der Waals surface area contributed by atoms with Gasteiger partial charge >= 0.3 is 0 Å². The van der Waals surface area contributed by atoms with E-state index in [2.05, 4.69) is 31.1 Å². The van der Waals surface area contributed by atoms with Crippen LogP contribution in [0.25, 0.3) is 0 Å². The highest BCUT2D eigenvalue weighted by Gasteiger charge is 2.20. The molecule has 24 heavy (non-hydrogen) atoms. The van der Waals surface area contributed by atoms with Crippen LogP contribution in [0.4, 0.5) is 5.69 Å². The Hall–Kier alpha value is -2.36. The Morgan fingerprint density at radius 2 is 1.79 bits per heavy atom. The van der Waals surface area contributed by atoms with E-state index in [0.29, 0.717) is 12.2 Å². The molecule has 0 fully saturated rings. The van der Waals surface area contributed by atoms with E-state index in [9.17, 15) is 4.79 Å². The molecule has 0 saturated heterocycles. The van der Waals surface area contributed by atoms with Crippen LogP contribution < -0.4 is 5.32 Å². The van der Waals surface area contributed by atoms with E-state index in [1.165, 1.54) is 0 Å². The summed E-state index contributed by atoms with van der Waals surface area (Å²) in [6, 6.07) is 13.8. The van der Waals surface area contributed by atoms with Gasteiger partial charge in [-0.3, -0.25) is 4.79 Å². The van der Waals surface area contributed by atoms with Gasteiger partial charge in [-0.15, -0.1) is 0 Å². The molecule has 0 spiro atoms. The SMILES string of the molecule is CC(C)N(Cc1ccccc1)C(=O)c1ccc(NC(C)(C)C)cn1. The molecule has 0 aliphatic carbocycles. The van der Waals surface area contributed by atoms with E-state index in [1.54, 1.807) is 12.3 Å². The molecule has 1 aromatic heterocycles. The van der Waals surface area contributed by atoms with Crippen molar-refractivity contribution in [2.75, 3.05) is 5.32 Å². The Labute approximate surface area is 144 Å². The monoisotopic (exact) mass is 325 g/mol. The number of nitrogens with one attached hydrogen (secondary N) is 1. The first-order chi connectivity index (χ1) is 11.3. The summed E-state index contributed by atoms with van der Waals surface area (Å²) in [6.07, 6.45) is 1.72. The second-order valence-electron chi connectivity index (χ2n) is 7.32. The molecule has 0 saturated carbocycles. The van der Waals surface area contributed by atoms with Crippen molar-refractivity contribution in [3.63, 3.8) is 0 Å². The van der Waals surface area contributed by atoms with E-state index < -0.39 is 0 Å². The number of benzene rings is 1. The van der Waals surface area contributed by atoms with E-state index in [-0.39, 0.29) is 17.5 Å². The lowest BCUT2D eigenvalue weighted by molar-refractivity contribution is 0.0684. The fourth-order valence-electron chi connectivity index (χ4n) is 2.44. The van der Waals surface area contributed by atoms with Crippen LogP contribution >= 0.6 is 0 Å². The molecule has 0 aliphatic rings. The molecule has 1 N–H and O–H groups in total. The smallest absolute Gasteiger partial charge is 0.272 e. The van der Waals surface area contributed by atoms with Gasteiger partial charge in [0.1, 0.15) is 5.69 Å². The van der Waals surface area contributed by atoms with Gasteiger partial charge in [0, 0.05) is 18.1 Å². The number of pyridine rings is 1. The Bertz CT molecular complexity index is 658. The third-order valence-corrected chi connectivity index (χ3v) is 3.58. The van der Waals surface area contributed by atoms with Gasteiger partial charge in [0.25, 0.3) is 5.91 Å². The summed E-state index contributed by atoms with van der Waals surface area (Å²) >= 11 is 0. The number of aromatic nitrogens is 1. The second-order valence-corrected chi connectivity index (χ2v) is 7.32. The molecular formula is C20H27N3O. The van der Waals surface area contributed by atoms with Crippen LogP contribution in [0, 0.1) is 0 Å². The number of carbonyl (C=O) groups excluding carboxylic acids is 1. The molecule has 2 rings (SSSR count). The predicted octanol–water partition coefficient (Wildman–Crippen LogP) is 4.34. The molecule has 0 aliphatic heterocycles.